The van der Waals surface area contributed by atoms with Crippen LogP contribution in [-0.4, -0.2) is 60.6 Å². The summed E-state index contributed by atoms with van der Waals surface area (Å²) in [5.74, 6) is -0.520. The third-order valence-corrected chi connectivity index (χ3v) is 6.00. The Labute approximate surface area is 186 Å². The fourth-order valence-electron chi connectivity index (χ4n) is 3.31. The maximum atomic E-state index is 14.2. The van der Waals surface area contributed by atoms with Crippen molar-refractivity contribution < 1.29 is 31.6 Å². The molecule has 0 unspecified atom stereocenters. The number of carbonyl (C=O) groups excluding carboxylic acids is 1. The van der Waals surface area contributed by atoms with E-state index in [-0.39, 0.29) is 28.8 Å². The second kappa shape index (κ2) is 9.14. The van der Waals surface area contributed by atoms with Gasteiger partial charge in [-0.3, -0.25) is 0 Å². The van der Waals surface area contributed by atoms with Crippen LogP contribution in [0, 0.1) is 5.82 Å². The van der Waals surface area contributed by atoms with Crippen LogP contribution in [0.4, 0.5) is 9.18 Å². The normalized spacial score (nSPS) is 16.8. The van der Waals surface area contributed by atoms with E-state index in [2.05, 4.69) is 10.1 Å². The number of nitrogens with zero attached hydrogens (tertiary/aromatic N) is 3. The van der Waals surface area contributed by atoms with Crippen LogP contribution in [0.25, 0.3) is 11.4 Å². The minimum atomic E-state index is -3.67. The summed E-state index contributed by atoms with van der Waals surface area (Å²) in [5.41, 5.74) is -0.245. The van der Waals surface area contributed by atoms with E-state index in [1.165, 1.54) is 12.1 Å². The average Bonchev–Trinajstić information content (AvgIpc) is 3.16. The number of benzene rings is 1. The summed E-state index contributed by atoms with van der Waals surface area (Å²) in [6.45, 7) is 8.30. The van der Waals surface area contributed by atoms with Gasteiger partial charge in [0.1, 0.15) is 22.4 Å². The van der Waals surface area contributed by atoms with Gasteiger partial charge in [-0.15, -0.1) is 0 Å². The Balaban J connectivity index is 1.58. The van der Waals surface area contributed by atoms with Crippen LogP contribution in [0.15, 0.2) is 27.6 Å². The molecule has 0 N–H and O–H groups in total. The molecule has 1 aliphatic rings. The largest absolute Gasteiger partial charge is 0.444 e. The minimum Gasteiger partial charge on any atom is -0.444 e. The Hall–Kier alpha value is -2.53. The van der Waals surface area contributed by atoms with Crippen LogP contribution in [0.3, 0.4) is 0 Å². The van der Waals surface area contributed by atoms with Gasteiger partial charge in [0, 0.05) is 24.9 Å². The van der Waals surface area contributed by atoms with Crippen molar-refractivity contribution in [1.82, 2.24) is 15.0 Å². The molecule has 9 nitrogen and oxygen atoms in total. The van der Waals surface area contributed by atoms with Gasteiger partial charge in [-0.25, -0.2) is 17.6 Å². The molecule has 1 amide bonds. The monoisotopic (exact) mass is 469 g/mol. The number of hydrogen-bond donors (Lipinski definition) is 0. The third kappa shape index (κ3) is 6.04. The van der Waals surface area contributed by atoms with Crippen LogP contribution in [-0.2, 0) is 19.3 Å². The topological polar surface area (TPSA) is 112 Å². The molecule has 11 heteroatoms. The first-order chi connectivity index (χ1) is 14.8. The Morgan fingerprint density at radius 2 is 1.94 bits per heavy atom. The van der Waals surface area contributed by atoms with Crippen molar-refractivity contribution in [2.75, 3.05) is 19.3 Å². The molecular weight excluding hydrogens is 441 g/mol. The number of sulfone groups is 1. The van der Waals surface area contributed by atoms with Crippen molar-refractivity contribution in [2.45, 2.75) is 63.2 Å². The lowest BCUT2D eigenvalue weighted by atomic mass is 10.1. The first-order valence-electron chi connectivity index (χ1n) is 10.3. The molecule has 2 heterocycles. The number of halogens is 1. The molecule has 0 saturated carbocycles. The molecule has 176 valence electrons. The second-order valence-electron chi connectivity index (χ2n) is 8.82. The first kappa shape index (κ1) is 24.1. The predicted octanol–water partition coefficient (Wildman–Crippen LogP) is 3.76. The summed E-state index contributed by atoms with van der Waals surface area (Å²) in [7, 11) is -3.67. The molecule has 0 spiro atoms. The highest BCUT2D eigenvalue weighted by atomic mass is 32.2. The number of carbonyl (C=O) groups is 1. The van der Waals surface area contributed by atoms with E-state index in [1.807, 2.05) is 20.8 Å². The first-order valence-corrected chi connectivity index (χ1v) is 12.2. The second-order valence-corrected chi connectivity index (χ2v) is 10.8. The molecule has 0 bridgehead atoms. The molecule has 2 aromatic rings. The molecular formula is C21H28FN3O6S. The molecule has 3 rings (SSSR count). The smallest absolute Gasteiger partial charge is 0.410 e. The maximum absolute atomic E-state index is 14.2. The zero-order chi connectivity index (χ0) is 23.7. The molecule has 1 aromatic heterocycles. The summed E-state index contributed by atoms with van der Waals surface area (Å²) in [5, 5.41) is 3.85. The summed E-state index contributed by atoms with van der Waals surface area (Å²) < 4.78 is 54.0. The van der Waals surface area contributed by atoms with Crippen molar-refractivity contribution in [1.29, 1.82) is 0 Å². The van der Waals surface area contributed by atoms with Crippen molar-refractivity contribution in [3.63, 3.8) is 0 Å². The van der Waals surface area contributed by atoms with E-state index in [0.29, 0.717) is 31.5 Å². The Morgan fingerprint density at radius 3 is 2.50 bits per heavy atom. The predicted molar refractivity (Wildman–Crippen MR) is 113 cm³/mol. The van der Waals surface area contributed by atoms with Crippen molar-refractivity contribution in [2.24, 2.45) is 0 Å². The van der Waals surface area contributed by atoms with Gasteiger partial charge in [-0.05, 0) is 58.7 Å². The lowest BCUT2D eigenvalue weighted by Gasteiger charge is -2.34. The highest BCUT2D eigenvalue weighted by Crippen LogP contribution is 2.27. The summed E-state index contributed by atoms with van der Waals surface area (Å²) in [4.78, 5) is 17.7. The van der Waals surface area contributed by atoms with E-state index in [0.717, 1.165) is 12.3 Å². The van der Waals surface area contributed by atoms with E-state index >= 15 is 0 Å². The molecule has 1 saturated heterocycles. The Bertz CT molecular complexity index is 1070. The molecule has 0 radical (unpaired) electrons. The Kier molecular flexibility index (Phi) is 6.89. The molecule has 32 heavy (non-hydrogen) atoms. The Morgan fingerprint density at radius 1 is 1.28 bits per heavy atom. The zero-order valence-electron chi connectivity index (χ0n) is 18.8. The highest BCUT2D eigenvalue weighted by molar-refractivity contribution is 7.90. The van der Waals surface area contributed by atoms with Crippen molar-refractivity contribution in [3.05, 3.63) is 29.9 Å². The molecule has 1 aromatic carbocycles. The van der Waals surface area contributed by atoms with Crippen LogP contribution in [0.1, 0.15) is 52.5 Å². The standard InChI is InChI=1S/C21H28FN3O6S/c1-13(29-15-8-10-25(11-9-15)20(26)30-21(2,3)4)19-23-18(24-31-19)14-6-7-17(16(22)12-14)32(5,27)28/h6-7,12-13,15H,8-11H2,1-5H3/t13-/m1/s1. The number of hydrogen-bond acceptors (Lipinski definition) is 8. The molecule has 1 aliphatic heterocycles. The lowest BCUT2D eigenvalue weighted by molar-refractivity contribution is -0.0509. The van der Waals surface area contributed by atoms with Crippen LogP contribution >= 0.6 is 0 Å². The van der Waals surface area contributed by atoms with E-state index in [9.17, 15) is 17.6 Å². The van der Waals surface area contributed by atoms with Gasteiger partial charge < -0.3 is 18.9 Å². The van der Waals surface area contributed by atoms with E-state index in [4.69, 9.17) is 14.0 Å². The third-order valence-electron chi connectivity index (χ3n) is 4.87. The van der Waals surface area contributed by atoms with Crippen molar-refractivity contribution in [3.8, 4) is 11.4 Å². The summed E-state index contributed by atoms with van der Waals surface area (Å²) in [6, 6.07) is 3.66. The van der Waals surface area contributed by atoms with Crippen molar-refractivity contribution >= 4 is 15.9 Å². The fourth-order valence-corrected chi connectivity index (χ4v) is 4.03. The van der Waals surface area contributed by atoms with E-state index in [1.54, 1.807) is 11.8 Å². The van der Waals surface area contributed by atoms with Gasteiger partial charge in [-0.1, -0.05) is 5.16 Å². The lowest BCUT2D eigenvalue weighted by Crippen LogP contribution is -2.43. The number of rotatable bonds is 5. The quantitative estimate of drug-likeness (QED) is 0.651. The van der Waals surface area contributed by atoms with Crippen LogP contribution in [0.2, 0.25) is 0 Å². The zero-order valence-corrected chi connectivity index (χ0v) is 19.6. The molecule has 1 atom stereocenters. The average molecular weight is 470 g/mol. The number of ether oxygens (including phenoxy) is 2. The minimum absolute atomic E-state index is 0.0921. The molecule has 0 aliphatic carbocycles. The number of piperidine rings is 1. The van der Waals surface area contributed by atoms with Gasteiger partial charge >= 0.3 is 6.09 Å². The van der Waals surface area contributed by atoms with Gasteiger partial charge in [0.25, 0.3) is 5.89 Å². The molecule has 1 fully saturated rings. The fraction of sp³-hybridized carbons (Fsp3) is 0.571. The number of amides is 1. The van der Waals surface area contributed by atoms with E-state index < -0.39 is 27.4 Å². The SMILES string of the molecule is C[C@@H](OC1CCN(C(=O)OC(C)(C)C)CC1)c1nc(-c2ccc(S(C)(=O)=O)c(F)c2)no1. The van der Waals surface area contributed by atoms with Gasteiger partial charge in [0.15, 0.2) is 9.84 Å². The highest BCUT2D eigenvalue weighted by Gasteiger charge is 2.29. The van der Waals surface area contributed by atoms with Crippen LogP contribution in [0.5, 0.6) is 0 Å². The van der Waals surface area contributed by atoms with Gasteiger partial charge in [-0.2, -0.15) is 4.98 Å². The summed E-state index contributed by atoms with van der Waals surface area (Å²) in [6.07, 6.45) is 1.29. The summed E-state index contributed by atoms with van der Waals surface area (Å²) >= 11 is 0. The number of aromatic nitrogens is 2. The maximum Gasteiger partial charge on any atom is 0.410 e. The van der Waals surface area contributed by atoms with Gasteiger partial charge in [0.05, 0.1) is 6.10 Å². The number of likely N-dealkylation sites (tertiary alicyclic amines) is 1. The van der Waals surface area contributed by atoms with Gasteiger partial charge in [0.2, 0.25) is 5.82 Å². The van der Waals surface area contributed by atoms with Crippen LogP contribution < -0.4 is 0 Å².